The van der Waals surface area contributed by atoms with Crippen LogP contribution >= 0.6 is 0 Å². The van der Waals surface area contributed by atoms with E-state index >= 15 is 0 Å². The third kappa shape index (κ3) is 2.80. The first-order valence-corrected chi connectivity index (χ1v) is 5.42. The second-order valence-electron chi connectivity index (χ2n) is 3.76. The summed E-state index contributed by atoms with van der Waals surface area (Å²) in [6.45, 7) is 1.11. The first-order chi connectivity index (χ1) is 8.70. The van der Waals surface area contributed by atoms with E-state index in [0.717, 1.165) is 0 Å². The van der Waals surface area contributed by atoms with E-state index in [1.54, 1.807) is 0 Å². The Morgan fingerprint density at radius 3 is 3.11 bits per heavy atom. The number of nitrogens with one attached hydrogen (secondary N) is 1. The van der Waals surface area contributed by atoms with Gasteiger partial charge in [0.2, 0.25) is 0 Å². The Morgan fingerprint density at radius 2 is 2.44 bits per heavy atom. The highest BCUT2D eigenvalue weighted by molar-refractivity contribution is 5.90. The third-order valence-electron chi connectivity index (χ3n) is 2.58. The normalized spacial score (nSPS) is 19.6. The molecule has 1 aliphatic heterocycles. The molecule has 1 atom stereocenters. The Bertz CT molecular complexity index is 421. The standard InChI is InChI=1S/C9H13N5O4/c1-17-7(15)4-6-5-14(2-3-18-6)9(16)8-10-12-13-11-8/h6H,2-5H2,1H3,(H,10,11,12,13). The molecule has 1 saturated heterocycles. The van der Waals surface area contributed by atoms with Gasteiger partial charge < -0.3 is 14.4 Å². The van der Waals surface area contributed by atoms with Crippen molar-refractivity contribution in [2.24, 2.45) is 0 Å². The van der Waals surface area contributed by atoms with Gasteiger partial charge >= 0.3 is 5.97 Å². The lowest BCUT2D eigenvalue weighted by Gasteiger charge is -2.31. The third-order valence-corrected chi connectivity index (χ3v) is 2.58. The summed E-state index contributed by atoms with van der Waals surface area (Å²) in [6.07, 6.45) is -0.242. The topological polar surface area (TPSA) is 110 Å². The zero-order chi connectivity index (χ0) is 13.0. The summed E-state index contributed by atoms with van der Waals surface area (Å²) in [5.41, 5.74) is 0. The first-order valence-electron chi connectivity index (χ1n) is 5.42. The monoisotopic (exact) mass is 255 g/mol. The molecule has 18 heavy (non-hydrogen) atoms. The van der Waals surface area contributed by atoms with E-state index in [2.05, 4.69) is 25.4 Å². The lowest BCUT2D eigenvalue weighted by Crippen LogP contribution is -2.46. The molecule has 1 aromatic rings. The second-order valence-corrected chi connectivity index (χ2v) is 3.76. The van der Waals surface area contributed by atoms with Gasteiger partial charge in [-0.15, -0.1) is 10.2 Å². The molecule has 98 valence electrons. The van der Waals surface area contributed by atoms with Crippen LogP contribution in [0.4, 0.5) is 0 Å². The van der Waals surface area contributed by atoms with Crippen LogP contribution in [0.5, 0.6) is 0 Å². The minimum Gasteiger partial charge on any atom is -0.469 e. The van der Waals surface area contributed by atoms with Crippen molar-refractivity contribution in [2.45, 2.75) is 12.5 Å². The Hall–Kier alpha value is -2.03. The average molecular weight is 255 g/mol. The van der Waals surface area contributed by atoms with Crippen LogP contribution in [0, 0.1) is 0 Å². The molecule has 1 aliphatic rings. The largest absolute Gasteiger partial charge is 0.469 e. The van der Waals surface area contributed by atoms with Gasteiger partial charge in [0.25, 0.3) is 11.7 Å². The van der Waals surface area contributed by atoms with Crippen molar-refractivity contribution in [1.29, 1.82) is 0 Å². The van der Waals surface area contributed by atoms with Crippen LogP contribution in [0.25, 0.3) is 0 Å². The Kier molecular flexibility index (Phi) is 3.82. The molecule has 0 radical (unpaired) electrons. The maximum atomic E-state index is 11.9. The van der Waals surface area contributed by atoms with Gasteiger partial charge in [-0.2, -0.15) is 5.21 Å². The molecule has 0 spiro atoms. The number of hydrogen-bond donors (Lipinski definition) is 1. The molecular formula is C9H13N5O4. The summed E-state index contributed by atoms with van der Waals surface area (Å²) in [5, 5.41) is 12.8. The molecule has 0 saturated carbocycles. The van der Waals surface area contributed by atoms with Crippen molar-refractivity contribution in [3.63, 3.8) is 0 Å². The van der Waals surface area contributed by atoms with Crippen LogP contribution in [0.1, 0.15) is 17.0 Å². The van der Waals surface area contributed by atoms with E-state index in [9.17, 15) is 9.59 Å². The van der Waals surface area contributed by atoms with E-state index in [0.29, 0.717) is 19.7 Å². The van der Waals surface area contributed by atoms with Gasteiger partial charge in [-0.25, -0.2) is 0 Å². The summed E-state index contributed by atoms with van der Waals surface area (Å²) in [5.74, 6) is -0.690. The van der Waals surface area contributed by atoms with E-state index in [1.165, 1.54) is 12.0 Å². The van der Waals surface area contributed by atoms with Gasteiger partial charge in [0, 0.05) is 13.1 Å². The zero-order valence-corrected chi connectivity index (χ0v) is 9.83. The quantitative estimate of drug-likeness (QED) is 0.661. The average Bonchev–Trinajstić information content (AvgIpc) is 2.92. The van der Waals surface area contributed by atoms with Gasteiger partial charge in [0.15, 0.2) is 0 Å². The summed E-state index contributed by atoms with van der Waals surface area (Å²) >= 11 is 0. The van der Waals surface area contributed by atoms with E-state index < -0.39 is 0 Å². The fraction of sp³-hybridized carbons (Fsp3) is 0.667. The van der Waals surface area contributed by atoms with Gasteiger partial charge in [-0.1, -0.05) is 0 Å². The number of aromatic amines is 1. The number of rotatable bonds is 3. The number of aromatic nitrogens is 4. The number of nitrogens with zero attached hydrogens (tertiary/aromatic N) is 4. The highest BCUT2D eigenvalue weighted by Crippen LogP contribution is 2.11. The van der Waals surface area contributed by atoms with Crippen LogP contribution in [-0.2, 0) is 14.3 Å². The number of morpholine rings is 1. The van der Waals surface area contributed by atoms with Crippen LogP contribution < -0.4 is 0 Å². The van der Waals surface area contributed by atoms with Gasteiger partial charge in [0.1, 0.15) is 0 Å². The molecule has 0 aliphatic carbocycles. The highest BCUT2D eigenvalue weighted by Gasteiger charge is 2.28. The molecule has 1 fully saturated rings. The maximum Gasteiger partial charge on any atom is 0.308 e. The van der Waals surface area contributed by atoms with Crippen LogP contribution in [-0.4, -0.2) is 70.3 Å². The molecule has 1 aromatic heterocycles. The molecule has 0 bridgehead atoms. The van der Waals surface area contributed by atoms with Crippen LogP contribution in [0.3, 0.4) is 0 Å². The molecule has 0 aromatic carbocycles. The number of tetrazole rings is 1. The molecule has 1 unspecified atom stereocenters. The Morgan fingerprint density at radius 1 is 1.61 bits per heavy atom. The lowest BCUT2D eigenvalue weighted by molar-refractivity contribution is -0.145. The predicted molar refractivity (Wildman–Crippen MR) is 56.5 cm³/mol. The van der Waals surface area contributed by atoms with E-state index in [4.69, 9.17) is 4.74 Å². The number of ether oxygens (including phenoxy) is 2. The lowest BCUT2D eigenvalue weighted by atomic mass is 10.2. The number of carbonyl (C=O) groups excluding carboxylic acids is 2. The molecule has 2 heterocycles. The number of methoxy groups -OCH3 is 1. The summed E-state index contributed by atoms with van der Waals surface area (Å²) in [6, 6.07) is 0. The molecule has 9 heteroatoms. The van der Waals surface area contributed by atoms with Gasteiger partial charge in [0.05, 0.1) is 26.2 Å². The molecule has 2 rings (SSSR count). The van der Waals surface area contributed by atoms with E-state index in [1.807, 2.05) is 0 Å². The van der Waals surface area contributed by atoms with Crippen molar-refractivity contribution < 1.29 is 19.1 Å². The smallest absolute Gasteiger partial charge is 0.308 e. The summed E-state index contributed by atoms with van der Waals surface area (Å²) in [7, 11) is 1.31. The molecule has 1 N–H and O–H groups in total. The molecule has 1 amide bonds. The van der Waals surface area contributed by atoms with E-state index in [-0.39, 0.29) is 30.2 Å². The predicted octanol–water partition coefficient (Wildman–Crippen LogP) is -1.40. The number of esters is 1. The molecule has 9 nitrogen and oxygen atoms in total. The Labute approximate surface area is 102 Å². The fourth-order valence-electron chi connectivity index (χ4n) is 1.69. The number of carbonyl (C=O) groups is 2. The maximum absolute atomic E-state index is 11.9. The first kappa shape index (κ1) is 12.4. The van der Waals surface area contributed by atoms with Crippen molar-refractivity contribution in [2.75, 3.05) is 26.8 Å². The summed E-state index contributed by atoms with van der Waals surface area (Å²) in [4.78, 5) is 24.6. The zero-order valence-electron chi connectivity index (χ0n) is 9.83. The molecular weight excluding hydrogens is 242 g/mol. The minimum absolute atomic E-state index is 0.00807. The van der Waals surface area contributed by atoms with Gasteiger partial charge in [-0.3, -0.25) is 9.59 Å². The van der Waals surface area contributed by atoms with Gasteiger partial charge in [-0.05, 0) is 5.21 Å². The second kappa shape index (κ2) is 5.54. The van der Waals surface area contributed by atoms with Crippen LogP contribution in [0.15, 0.2) is 0 Å². The van der Waals surface area contributed by atoms with Crippen LogP contribution in [0.2, 0.25) is 0 Å². The SMILES string of the molecule is COC(=O)CC1CN(C(=O)c2nn[nH]n2)CCO1. The van der Waals surface area contributed by atoms with Crippen molar-refractivity contribution in [3.05, 3.63) is 5.82 Å². The minimum atomic E-state index is -0.367. The number of amides is 1. The highest BCUT2D eigenvalue weighted by atomic mass is 16.5. The fourth-order valence-corrected chi connectivity index (χ4v) is 1.69. The van der Waals surface area contributed by atoms with Crippen molar-refractivity contribution >= 4 is 11.9 Å². The number of hydrogen-bond acceptors (Lipinski definition) is 7. The number of H-pyrrole nitrogens is 1. The van der Waals surface area contributed by atoms with Crippen molar-refractivity contribution in [1.82, 2.24) is 25.5 Å². The summed E-state index contributed by atoms with van der Waals surface area (Å²) < 4.78 is 9.95. The van der Waals surface area contributed by atoms with Crippen molar-refractivity contribution in [3.8, 4) is 0 Å². The Balaban J connectivity index is 1.94.